The monoisotopic (exact) mass is 349 g/mol. The molecule has 2 aromatic rings. The maximum Gasteiger partial charge on any atom is 0.158 e. The summed E-state index contributed by atoms with van der Waals surface area (Å²) in [6.07, 6.45) is 7.26. The van der Waals surface area contributed by atoms with Gasteiger partial charge in [-0.15, -0.1) is 0 Å². The van der Waals surface area contributed by atoms with Gasteiger partial charge in [0.1, 0.15) is 24.3 Å². The van der Waals surface area contributed by atoms with Crippen molar-refractivity contribution in [2.24, 2.45) is 0 Å². The van der Waals surface area contributed by atoms with Gasteiger partial charge < -0.3 is 9.47 Å². The van der Waals surface area contributed by atoms with Crippen LogP contribution >= 0.6 is 0 Å². The maximum absolute atomic E-state index is 14.5. The maximum atomic E-state index is 14.5. The molecule has 0 radical (unpaired) electrons. The van der Waals surface area contributed by atoms with Crippen molar-refractivity contribution in [3.63, 3.8) is 0 Å². The zero-order chi connectivity index (χ0) is 17.3. The molecule has 0 amide bonds. The van der Waals surface area contributed by atoms with Crippen LogP contribution in [-0.2, 0) is 16.0 Å². The molecule has 7 heteroatoms. The third-order valence-corrected chi connectivity index (χ3v) is 5.05. The molecule has 2 atom stereocenters. The Kier molecular flexibility index (Phi) is 4.52. The molecule has 1 saturated carbocycles. The second kappa shape index (κ2) is 6.80. The summed E-state index contributed by atoms with van der Waals surface area (Å²) in [5.74, 6) is -1.23. The lowest BCUT2D eigenvalue weighted by atomic mass is 9.90. The van der Waals surface area contributed by atoms with Gasteiger partial charge in [0.25, 0.3) is 0 Å². The molecular weight excluding hydrogens is 328 g/mol. The summed E-state index contributed by atoms with van der Waals surface area (Å²) in [6, 6.07) is 3.57. The van der Waals surface area contributed by atoms with E-state index in [0.717, 1.165) is 38.2 Å². The van der Waals surface area contributed by atoms with Gasteiger partial charge in [-0.25, -0.2) is 13.8 Å². The third kappa shape index (κ3) is 3.57. The Morgan fingerprint density at radius 1 is 1.32 bits per heavy atom. The minimum Gasteiger partial charge on any atom is -0.353 e. The van der Waals surface area contributed by atoms with Gasteiger partial charge in [-0.3, -0.25) is 4.68 Å². The smallest absolute Gasteiger partial charge is 0.158 e. The standard InChI is InChI=1S/C18H21F2N3O2/c19-13-4-5-16(20)14(9-13)15(10-23-12-21-11-22-23)18(6-7-18)25-17-3-1-2-8-24-17/h4-5,9,11-12,15,17H,1-3,6-8,10H2. The van der Waals surface area contributed by atoms with Crippen molar-refractivity contribution in [3.8, 4) is 0 Å². The summed E-state index contributed by atoms with van der Waals surface area (Å²) in [4.78, 5) is 3.95. The first-order chi connectivity index (χ1) is 12.2. The Hall–Kier alpha value is -1.86. The van der Waals surface area contributed by atoms with E-state index in [4.69, 9.17) is 9.47 Å². The van der Waals surface area contributed by atoms with E-state index in [2.05, 4.69) is 10.1 Å². The average Bonchev–Trinajstić information content (AvgIpc) is 3.20. The zero-order valence-corrected chi connectivity index (χ0v) is 13.9. The number of nitrogens with zero attached hydrogens (tertiary/aromatic N) is 3. The molecule has 5 nitrogen and oxygen atoms in total. The van der Waals surface area contributed by atoms with Crippen LogP contribution in [0.3, 0.4) is 0 Å². The van der Waals surface area contributed by atoms with Crippen LogP contribution < -0.4 is 0 Å². The van der Waals surface area contributed by atoms with E-state index in [9.17, 15) is 8.78 Å². The highest BCUT2D eigenvalue weighted by molar-refractivity contribution is 5.28. The topological polar surface area (TPSA) is 49.2 Å². The van der Waals surface area contributed by atoms with E-state index in [-0.39, 0.29) is 12.2 Å². The third-order valence-electron chi connectivity index (χ3n) is 5.05. The van der Waals surface area contributed by atoms with Gasteiger partial charge in [0.2, 0.25) is 0 Å². The van der Waals surface area contributed by atoms with Crippen LogP contribution in [0.15, 0.2) is 30.9 Å². The molecule has 0 bridgehead atoms. The second-order valence-electron chi connectivity index (χ2n) is 6.81. The van der Waals surface area contributed by atoms with E-state index in [1.807, 2.05) is 0 Å². The molecule has 2 fully saturated rings. The van der Waals surface area contributed by atoms with Crippen LogP contribution in [0, 0.1) is 11.6 Å². The number of ether oxygens (including phenoxy) is 2. The summed E-state index contributed by atoms with van der Waals surface area (Å²) >= 11 is 0. The largest absolute Gasteiger partial charge is 0.353 e. The summed E-state index contributed by atoms with van der Waals surface area (Å²) in [5.41, 5.74) is -0.216. The quantitative estimate of drug-likeness (QED) is 0.802. The molecule has 134 valence electrons. The van der Waals surface area contributed by atoms with Crippen LogP contribution in [0.2, 0.25) is 0 Å². The number of hydrogen-bond acceptors (Lipinski definition) is 4. The van der Waals surface area contributed by atoms with Gasteiger partial charge in [0, 0.05) is 12.5 Å². The Bertz CT molecular complexity index is 713. The Labute approximate surface area is 145 Å². The first kappa shape index (κ1) is 16.6. The van der Waals surface area contributed by atoms with Crippen molar-refractivity contribution in [2.75, 3.05) is 6.61 Å². The molecule has 0 spiro atoms. The summed E-state index contributed by atoms with van der Waals surface area (Å²) in [6.45, 7) is 1.07. The van der Waals surface area contributed by atoms with Crippen LogP contribution in [0.5, 0.6) is 0 Å². The van der Waals surface area contributed by atoms with Gasteiger partial charge in [0.05, 0.1) is 12.1 Å². The normalized spacial score (nSPS) is 23.4. The van der Waals surface area contributed by atoms with Gasteiger partial charge in [-0.2, -0.15) is 5.10 Å². The lowest BCUT2D eigenvalue weighted by Gasteiger charge is -2.33. The highest BCUT2D eigenvalue weighted by atomic mass is 19.1. The van der Waals surface area contributed by atoms with Crippen molar-refractivity contribution >= 4 is 0 Å². The number of hydrogen-bond donors (Lipinski definition) is 0. The lowest BCUT2D eigenvalue weighted by molar-refractivity contribution is -0.203. The predicted octanol–water partition coefficient (Wildman–Crippen LogP) is 3.42. The van der Waals surface area contributed by atoms with Crippen LogP contribution in [0.4, 0.5) is 8.78 Å². The molecule has 1 saturated heterocycles. The molecule has 1 aliphatic heterocycles. The first-order valence-corrected chi connectivity index (χ1v) is 8.73. The second-order valence-corrected chi connectivity index (χ2v) is 6.81. The van der Waals surface area contributed by atoms with E-state index in [1.165, 1.54) is 18.5 Å². The van der Waals surface area contributed by atoms with Crippen molar-refractivity contribution in [2.45, 2.75) is 56.5 Å². The minimum absolute atomic E-state index is 0.272. The fourth-order valence-electron chi connectivity index (χ4n) is 3.58. The Balaban J connectivity index is 1.63. The van der Waals surface area contributed by atoms with E-state index < -0.39 is 17.2 Å². The summed E-state index contributed by atoms with van der Waals surface area (Å²) in [7, 11) is 0. The van der Waals surface area contributed by atoms with Gasteiger partial charge in [0.15, 0.2) is 6.29 Å². The van der Waals surface area contributed by atoms with Crippen LogP contribution in [0.25, 0.3) is 0 Å². The van der Waals surface area contributed by atoms with Crippen LogP contribution in [-0.4, -0.2) is 33.3 Å². The minimum atomic E-state index is -0.539. The fraction of sp³-hybridized carbons (Fsp3) is 0.556. The van der Waals surface area contributed by atoms with Gasteiger partial charge >= 0.3 is 0 Å². The van der Waals surface area contributed by atoms with E-state index in [0.29, 0.717) is 18.7 Å². The molecule has 1 aliphatic carbocycles. The van der Waals surface area contributed by atoms with Crippen LogP contribution in [0.1, 0.15) is 43.6 Å². The highest BCUT2D eigenvalue weighted by Crippen LogP contribution is 2.53. The zero-order valence-electron chi connectivity index (χ0n) is 13.9. The number of aromatic nitrogens is 3. The lowest BCUT2D eigenvalue weighted by Crippen LogP contribution is -2.35. The van der Waals surface area contributed by atoms with Crippen molar-refractivity contribution in [1.82, 2.24) is 14.8 Å². The average molecular weight is 349 g/mol. The number of halogens is 2. The molecule has 2 unspecified atom stereocenters. The first-order valence-electron chi connectivity index (χ1n) is 8.73. The molecule has 4 rings (SSSR count). The SMILES string of the molecule is Fc1ccc(F)c(C(Cn2cncn2)C2(OC3CCCCO3)CC2)c1. The Morgan fingerprint density at radius 2 is 2.20 bits per heavy atom. The van der Waals surface area contributed by atoms with Crippen molar-refractivity contribution < 1.29 is 18.3 Å². The van der Waals surface area contributed by atoms with E-state index in [1.54, 1.807) is 11.0 Å². The van der Waals surface area contributed by atoms with Crippen molar-refractivity contribution in [3.05, 3.63) is 48.1 Å². The molecular formula is C18H21F2N3O2. The molecule has 2 aliphatic rings. The highest BCUT2D eigenvalue weighted by Gasteiger charge is 2.53. The van der Waals surface area contributed by atoms with Crippen molar-refractivity contribution in [1.29, 1.82) is 0 Å². The fourth-order valence-corrected chi connectivity index (χ4v) is 3.58. The predicted molar refractivity (Wildman–Crippen MR) is 85.8 cm³/mol. The Morgan fingerprint density at radius 3 is 2.88 bits per heavy atom. The van der Waals surface area contributed by atoms with Gasteiger partial charge in [-0.1, -0.05) is 0 Å². The molecule has 0 N–H and O–H groups in total. The van der Waals surface area contributed by atoms with E-state index >= 15 is 0 Å². The summed E-state index contributed by atoms with van der Waals surface area (Å²) in [5, 5.41) is 4.12. The molecule has 1 aromatic carbocycles. The molecule has 1 aromatic heterocycles. The summed E-state index contributed by atoms with van der Waals surface area (Å²) < 4.78 is 41.9. The van der Waals surface area contributed by atoms with Gasteiger partial charge in [-0.05, 0) is 55.9 Å². The molecule has 25 heavy (non-hydrogen) atoms. The molecule has 2 heterocycles. The number of benzene rings is 1. The number of rotatable bonds is 6.